The third kappa shape index (κ3) is 1.55. The maximum atomic E-state index is 6.07. The van der Waals surface area contributed by atoms with Gasteiger partial charge in [0.25, 0.3) is 0 Å². The number of hydrogen-bond donors (Lipinski definition) is 1. The molecule has 1 heterocycles. The van der Waals surface area contributed by atoms with Crippen LogP contribution in [0.5, 0.6) is 0 Å². The average Bonchev–Trinajstić information content (AvgIpc) is 2.68. The number of thioether (sulfide) groups is 1. The van der Waals surface area contributed by atoms with Crippen LogP contribution in [0.1, 0.15) is 5.56 Å². The van der Waals surface area contributed by atoms with Gasteiger partial charge >= 0.3 is 0 Å². The predicted molar refractivity (Wildman–Crippen MR) is 70.6 cm³/mol. The molecule has 2 N–H and O–H groups in total. The summed E-state index contributed by atoms with van der Waals surface area (Å²) < 4.78 is 1.21. The molecule has 14 heavy (non-hydrogen) atoms. The molecule has 2 rings (SSSR count). The van der Waals surface area contributed by atoms with Crippen molar-refractivity contribution in [3.05, 3.63) is 23.1 Å². The van der Waals surface area contributed by atoms with Crippen molar-refractivity contribution in [2.24, 2.45) is 0 Å². The first kappa shape index (κ1) is 10.3. The molecule has 0 atom stereocenters. The fourth-order valence-corrected chi connectivity index (χ4v) is 3.53. The highest BCUT2D eigenvalue weighted by atomic mass is 79.9. The van der Waals surface area contributed by atoms with Gasteiger partial charge < -0.3 is 5.73 Å². The Kier molecular flexibility index (Phi) is 3.04. The number of hydrogen-bond acceptors (Lipinski definition) is 3. The maximum Gasteiger partial charge on any atom is 0.0586 e. The van der Waals surface area contributed by atoms with Crippen LogP contribution in [0, 0.1) is 0 Å². The van der Waals surface area contributed by atoms with E-state index in [1.807, 2.05) is 0 Å². The number of anilines is 1. The molecule has 0 unspecified atom stereocenters. The van der Waals surface area contributed by atoms with Crippen LogP contribution >= 0.6 is 39.0 Å². The largest absolute Gasteiger partial charge is 0.397 e. The molecule has 0 aliphatic heterocycles. The van der Waals surface area contributed by atoms with E-state index in [0.717, 1.165) is 11.0 Å². The number of nitrogen functional groups attached to an aromatic ring is 1. The molecule has 0 bridgehead atoms. The van der Waals surface area contributed by atoms with Gasteiger partial charge in [0.05, 0.1) is 10.4 Å². The van der Waals surface area contributed by atoms with Crippen molar-refractivity contribution in [1.82, 2.24) is 0 Å². The molecule has 74 valence electrons. The number of thiophene rings is 1. The Morgan fingerprint density at radius 3 is 3.00 bits per heavy atom. The Morgan fingerprint density at radius 2 is 2.36 bits per heavy atom. The lowest BCUT2D eigenvalue weighted by Gasteiger charge is -2.07. The number of rotatable bonds is 2. The molecule has 2 aromatic rings. The topological polar surface area (TPSA) is 26.0 Å². The Morgan fingerprint density at radius 1 is 1.57 bits per heavy atom. The highest BCUT2D eigenvalue weighted by Gasteiger charge is 2.09. The summed E-state index contributed by atoms with van der Waals surface area (Å²) in [6, 6.07) is 4.31. The second kappa shape index (κ2) is 4.13. The van der Waals surface area contributed by atoms with Gasteiger partial charge in [0, 0.05) is 15.6 Å². The summed E-state index contributed by atoms with van der Waals surface area (Å²) in [4.78, 5) is 1.31. The van der Waals surface area contributed by atoms with Gasteiger partial charge in [-0.25, -0.2) is 0 Å². The summed E-state index contributed by atoms with van der Waals surface area (Å²) in [5.74, 6) is 0. The SMILES string of the molecule is CSc1cc(CBr)c(N)c2sccc12. The standard InChI is InChI=1S/C10H10BrNS2/c1-13-8-4-6(5-11)9(12)10-7(8)2-3-14-10/h2-4H,5,12H2,1H3. The van der Waals surface area contributed by atoms with Gasteiger partial charge in [0.15, 0.2) is 0 Å². The molecule has 1 aromatic carbocycles. The lowest BCUT2D eigenvalue weighted by atomic mass is 10.1. The summed E-state index contributed by atoms with van der Waals surface area (Å²) in [6.07, 6.45) is 2.10. The molecule has 0 saturated heterocycles. The normalized spacial score (nSPS) is 11.0. The fourth-order valence-electron chi connectivity index (χ4n) is 1.45. The van der Waals surface area contributed by atoms with Gasteiger partial charge in [-0.1, -0.05) is 15.9 Å². The van der Waals surface area contributed by atoms with E-state index in [0.29, 0.717) is 0 Å². The Labute approximate surface area is 99.8 Å². The van der Waals surface area contributed by atoms with E-state index >= 15 is 0 Å². The lowest BCUT2D eigenvalue weighted by molar-refractivity contribution is 1.40. The minimum Gasteiger partial charge on any atom is -0.397 e. The van der Waals surface area contributed by atoms with E-state index in [1.165, 1.54) is 20.5 Å². The van der Waals surface area contributed by atoms with E-state index in [1.54, 1.807) is 23.1 Å². The third-order valence-electron chi connectivity index (χ3n) is 2.19. The molecular formula is C10H10BrNS2. The highest BCUT2D eigenvalue weighted by molar-refractivity contribution is 9.08. The van der Waals surface area contributed by atoms with Crippen molar-refractivity contribution in [3.8, 4) is 0 Å². The smallest absolute Gasteiger partial charge is 0.0586 e. The highest BCUT2D eigenvalue weighted by Crippen LogP contribution is 2.37. The van der Waals surface area contributed by atoms with Gasteiger partial charge in [-0.15, -0.1) is 23.1 Å². The van der Waals surface area contributed by atoms with Gasteiger partial charge in [0.1, 0.15) is 0 Å². The van der Waals surface area contributed by atoms with E-state index in [4.69, 9.17) is 5.73 Å². The zero-order valence-electron chi connectivity index (χ0n) is 7.71. The predicted octanol–water partition coefficient (Wildman–Crippen LogP) is 4.10. The van der Waals surface area contributed by atoms with Gasteiger partial charge in [0.2, 0.25) is 0 Å². The van der Waals surface area contributed by atoms with Crippen LogP contribution in [-0.4, -0.2) is 6.26 Å². The Hall–Kier alpha value is -0.190. The molecular weight excluding hydrogens is 278 g/mol. The zero-order valence-corrected chi connectivity index (χ0v) is 10.9. The molecule has 0 saturated carbocycles. The van der Waals surface area contributed by atoms with Crippen molar-refractivity contribution >= 4 is 54.8 Å². The first-order chi connectivity index (χ1) is 6.77. The van der Waals surface area contributed by atoms with Gasteiger partial charge in [-0.3, -0.25) is 0 Å². The van der Waals surface area contributed by atoms with Gasteiger partial charge in [-0.2, -0.15) is 0 Å². The van der Waals surface area contributed by atoms with Crippen LogP contribution < -0.4 is 5.73 Å². The van der Waals surface area contributed by atoms with Crippen LogP contribution in [0.25, 0.3) is 10.1 Å². The van der Waals surface area contributed by atoms with Crippen LogP contribution in [0.4, 0.5) is 5.69 Å². The van der Waals surface area contributed by atoms with Crippen molar-refractivity contribution in [1.29, 1.82) is 0 Å². The van der Waals surface area contributed by atoms with Crippen molar-refractivity contribution in [3.63, 3.8) is 0 Å². The number of halogens is 1. The lowest BCUT2D eigenvalue weighted by Crippen LogP contribution is -1.92. The van der Waals surface area contributed by atoms with Crippen molar-refractivity contribution in [2.75, 3.05) is 12.0 Å². The summed E-state index contributed by atoms with van der Waals surface area (Å²) in [6.45, 7) is 0. The second-order valence-corrected chi connectivity index (χ2v) is 5.27. The van der Waals surface area contributed by atoms with Crippen LogP contribution in [0.15, 0.2) is 22.4 Å². The van der Waals surface area contributed by atoms with E-state index in [2.05, 4.69) is 39.7 Å². The molecule has 0 fully saturated rings. The zero-order chi connectivity index (χ0) is 10.1. The van der Waals surface area contributed by atoms with Gasteiger partial charge in [-0.05, 0) is 29.3 Å². The summed E-state index contributed by atoms with van der Waals surface area (Å²) in [7, 11) is 0. The Bertz CT molecular complexity index is 464. The van der Waals surface area contributed by atoms with Crippen LogP contribution in [-0.2, 0) is 5.33 Å². The molecule has 0 aliphatic carbocycles. The maximum absolute atomic E-state index is 6.07. The summed E-state index contributed by atoms with van der Waals surface area (Å²) in [5, 5.41) is 4.20. The van der Waals surface area contributed by atoms with Crippen LogP contribution in [0.2, 0.25) is 0 Å². The average molecular weight is 288 g/mol. The molecule has 0 spiro atoms. The Balaban J connectivity index is 2.80. The van der Waals surface area contributed by atoms with Crippen molar-refractivity contribution < 1.29 is 0 Å². The summed E-state index contributed by atoms with van der Waals surface area (Å²) >= 11 is 6.95. The van der Waals surface area contributed by atoms with E-state index < -0.39 is 0 Å². The minimum absolute atomic E-state index is 0.820. The molecule has 0 radical (unpaired) electrons. The summed E-state index contributed by atoms with van der Waals surface area (Å²) in [5.41, 5.74) is 8.17. The number of benzene rings is 1. The molecule has 0 amide bonds. The fraction of sp³-hybridized carbons (Fsp3) is 0.200. The third-order valence-corrected chi connectivity index (χ3v) is 4.52. The van der Waals surface area contributed by atoms with E-state index in [9.17, 15) is 0 Å². The van der Waals surface area contributed by atoms with Crippen LogP contribution in [0.3, 0.4) is 0 Å². The monoisotopic (exact) mass is 287 g/mol. The molecule has 1 aromatic heterocycles. The quantitative estimate of drug-likeness (QED) is 0.511. The molecule has 4 heteroatoms. The number of nitrogens with two attached hydrogens (primary N) is 1. The van der Waals surface area contributed by atoms with E-state index in [-0.39, 0.29) is 0 Å². The molecule has 0 aliphatic rings. The number of fused-ring (bicyclic) bond motifs is 1. The molecule has 1 nitrogen and oxygen atoms in total. The van der Waals surface area contributed by atoms with Crippen molar-refractivity contribution in [2.45, 2.75) is 10.2 Å². The second-order valence-electron chi connectivity index (χ2n) is 2.95. The number of alkyl halides is 1. The minimum atomic E-state index is 0.820. The first-order valence-corrected chi connectivity index (χ1v) is 7.39. The first-order valence-electron chi connectivity index (χ1n) is 4.16.